The first-order valence-electron chi connectivity index (χ1n) is 5.86. The second-order valence-electron chi connectivity index (χ2n) is 4.12. The zero-order valence-corrected chi connectivity index (χ0v) is 13.0. The van der Waals surface area contributed by atoms with Gasteiger partial charge >= 0.3 is 0 Å². The standard InChI is InChI=1S/C14H11Cl3N2O2/c15-11-2-1-3-12(16)10(11)7-21-8-4-5-9(13(17)6-8)14(18)19-20/h1-6,20H,7H2,(H2,18,19). The predicted molar refractivity (Wildman–Crippen MR) is 84.8 cm³/mol. The molecule has 0 saturated carbocycles. The van der Waals surface area contributed by atoms with Gasteiger partial charge in [0.2, 0.25) is 0 Å². The number of nitrogens with zero attached hydrogens (tertiary/aromatic N) is 1. The minimum atomic E-state index is -0.0688. The molecule has 2 aromatic rings. The van der Waals surface area contributed by atoms with Crippen LogP contribution in [0.5, 0.6) is 5.75 Å². The fourth-order valence-electron chi connectivity index (χ4n) is 1.67. The smallest absolute Gasteiger partial charge is 0.171 e. The van der Waals surface area contributed by atoms with Crippen LogP contribution in [0.2, 0.25) is 15.1 Å². The topological polar surface area (TPSA) is 67.8 Å². The van der Waals surface area contributed by atoms with Crippen LogP contribution in [0.1, 0.15) is 11.1 Å². The number of rotatable bonds is 4. The number of halogens is 3. The Labute approximate surface area is 136 Å². The zero-order chi connectivity index (χ0) is 15.4. The normalized spacial score (nSPS) is 11.5. The first kappa shape index (κ1) is 15.8. The molecule has 0 radical (unpaired) electrons. The van der Waals surface area contributed by atoms with Gasteiger partial charge in [-0.25, -0.2) is 0 Å². The first-order chi connectivity index (χ1) is 10.0. The highest BCUT2D eigenvalue weighted by atomic mass is 35.5. The van der Waals surface area contributed by atoms with Gasteiger partial charge in [-0.1, -0.05) is 46.0 Å². The Hall–Kier alpha value is -1.62. The number of amidine groups is 1. The molecule has 0 aromatic heterocycles. The van der Waals surface area contributed by atoms with Crippen molar-refractivity contribution in [2.24, 2.45) is 10.9 Å². The summed E-state index contributed by atoms with van der Waals surface area (Å²) in [6.07, 6.45) is 0. The largest absolute Gasteiger partial charge is 0.489 e. The van der Waals surface area contributed by atoms with E-state index in [0.717, 1.165) is 0 Å². The molecular weight excluding hydrogens is 335 g/mol. The third-order valence-corrected chi connectivity index (χ3v) is 3.79. The van der Waals surface area contributed by atoms with Crippen LogP contribution in [0, 0.1) is 0 Å². The van der Waals surface area contributed by atoms with Gasteiger partial charge in [0.1, 0.15) is 12.4 Å². The van der Waals surface area contributed by atoms with Gasteiger partial charge in [0.15, 0.2) is 5.84 Å². The van der Waals surface area contributed by atoms with Crippen molar-refractivity contribution in [3.05, 3.63) is 62.6 Å². The Morgan fingerprint density at radius 2 is 1.76 bits per heavy atom. The van der Waals surface area contributed by atoms with Crippen molar-refractivity contribution in [2.45, 2.75) is 6.61 Å². The zero-order valence-electron chi connectivity index (χ0n) is 10.7. The molecule has 0 aliphatic rings. The third-order valence-electron chi connectivity index (χ3n) is 2.77. The lowest BCUT2D eigenvalue weighted by molar-refractivity contribution is 0.306. The van der Waals surface area contributed by atoms with Crippen molar-refractivity contribution in [3.63, 3.8) is 0 Å². The molecule has 0 aliphatic carbocycles. The monoisotopic (exact) mass is 344 g/mol. The summed E-state index contributed by atoms with van der Waals surface area (Å²) in [5, 5.41) is 12.9. The fourth-order valence-corrected chi connectivity index (χ4v) is 2.45. The highest BCUT2D eigenvalue weighted by Crippen LogP contribution is 2.27. The lowest BCUT2D eigenvalue weighted by atomic mass is 10.2. The highest BCUT2D eigenvalue weighted by molar-refractivity contribution is 6.36. The van der Waals surface area contributed by atoms with E-state index in [0.29, 0.717) is 31.9 Å². The summed E-state index contributed by atoms with van der Waals surface area (Å²) < 4.78 is 5.61. The summed E-state index contributed by atoms with van der Waals surface area (Å²) >= 11 is 18.2. The van der Waals surface area contributed by atoms with Crippen LogP contribution in [0.15, 0.2) is 41.6 Å². The molecular formula is C14H11Cl3N2O2. The molecule has 7 heteroatoms. The number of benzene rings is 2. The van der Waals surface area contributed by atoms with Gasteiger partial charge in [-0.05, 0) is 30.3 Å². The maximum absolute atomic E-state index is 8.64. The number of hydrogen-bond donors (Lipinski definition) is 2. The van der Waals surface area contributed by atoms with E-state index >= 15 is 0 Å². The van der Waals surface area contributed by atoms with Crippen LogP contribution in [0.25, 0.3) is 0 Å². The van der Waals surface area contributed by atoms with E-state index in [1.807, 2.05) is 0 Å². The molecule has 2 rings (SSSR count). The van der Waals surface area contributed by atoms with Crippen LogP contribution in [0.3, 0.4) is 0 Å². The van der Waals surface area contributed by atoms with Crippen LogP contribution < -0.4 is 10.5 Å². The number of nitrogens with two attached hydrogens (primary N) is 1. The van der Waals surface area contributed by atoms with E-state index in [1.165, 1.54) is 0 Å². The van der Waals surface area contributed by atoms with Gasteiger partial charge in [0.05, 0.1) is 5.02 Å². The predicted octanol–water partition coefficient (Wildman–Crippen LogP) is 4.32. The van der Waals surface area contributed by atoms with Gasteiger partial charge in [0, 0.05) is 21.2 Å². The Balaban J connectivity index is 2.16. The number of oxime groups is 1. The molecule has 0 bridgehead atoms. The van der Waals surface area contributed by atoms with E-state index in [1.54, 1.807) is 36.4 Å². The van der Waals surface area contributed by atoms with Gasteiger partial charge < -0.3 is 15.7 Å². The molecule has 3 N–H and O–H groups in total. The van der Waals surface area contributed by atoms with Crippen LogP contribution in [-0.4, -0.2) is 11.0 Å². The van der Waals surface area contributed by atoms with E-state index in [4.69, 9.17) is 50.5 Å². The van der Waals surface area contributed by atoms with Crippen molar-refractivity contribution in [2.75, 3.05) is 0 Å². The summed E-state index contributed by atoms with van der Waals surface area (Å²) in [6.45, 7) is 0.206. The van der Waals surface area contributed by atoms with Crippen molar-refractivity contribution >= 4 is 40.6 Å². The van der Waals surface area contributed by atoms with Gasteiger partial charge in [-0.3, -0.25) is 0 Å². The Morgan fingerprint density at radius 3 is 2.33 bits per heavy atom. The lowest BCUT2D eigenvalue weighted by Gasteiger charge is -2.11. The molecule has 4 nitrogen and oxygen atoms in total. The molecule has 0 heterocycles. The second kappa shape index (κ2) is 6.89. The van der Waals surface area contributed by atoms with Crippen molar-refractivity contribution in [1.29, 1.82) is 0 Å². The summed E-state index contributed by atoms with van der Waals surface area (Å²) in [5.74, 6) is 0.450. The highest BCUT2D eigenvalue weighted by Gasteiger charge is 2.09. The molecule has 0 aliphatic heterocycles. The number of hydrogen-bond acceptors (Lipinski definition) is 3. The van der Waals surface area contributed by atoms with Crippen molar-refractivity contribution in [1.82, 2.24) is 0 Å². The Morgan fingerprint density at radius 1 is 1.10 bits per heavy atom. The van der Waals surface area contributed by atoms with E-state index in [-0.39, 0.29) is 12.4 Å². The molecule has 0 atom stereocenters. The maximum atomic E-state index is 8.64. The minimum Gasteiger partial charge on any atom is -0.489 e. The summed E-state index contributed by atoms with van der Waals surface area (Å²) in [4.78, 5) is 0. The quantitative estimate of drug-likeness (QED) is 0.375. The van der Waals surface area contributed by atoms with E-state index in [9.17, 15) is 0 Å². The molecule has 2 aromatic carbocycles. The fraction of sp³-hybridized carbons (Fsp3) is 0.0714. The summed E-state index contributed by atoms with van der Waals surface area (Å²) in [7, 11) is 0. The van der Waals surface area contributed by atoms with Crippen LogP contribution in [0.4, 0.5) is 0 Å². The molecule has 0 fully saturated rings. The second-order valence-corrected chi connectivity index (χ2v) is 5.34. The lowest BCUT2D eigenvalue weighted by Crippen LogP contribution is -2.13. The van der Waals surface area contributed by atoms with Gasteiger partial charge in [0.25, 0.3) is 0 Å². The van der Waals surface area contributed by atoms with Gasteiger partial charge in [-0.15, -0.1) is 0 Å². The van der Waals surface area contributed by atoms with E-state index < -0.39 is 0 Å². The first-order valence-corrected chi connectivity index (χ1v) is 6.99. The average Bonchev–Trinajstić information content (AvgIpc) is 2.46. The molecule has 0 unspecified atom stereocenters. The van der Waals surface area contributed by atoms with Crippen LogP contribution in [-0.2, 0) is 6.61 Å². The van der Waals surface area contributed by atoms with Gasteiger partial charge in [-0.2, -0.15) is 0 Å². The minimum absolute atomic E-state index is 0.0688. The molecule has 0 amide bonds. The maximum Gasteiger partial charge on any atom is 0.171 e. The van der Waals surface area contributed by atoms with Crippen LogP contribution >= 0.6 is 34.8 Å². The molecule has 110 valence electrons. The summed E-state index contributed by atoms with van der Waals surface area (Å²) in [5.41, 5.74) is 6.60. The van der Waals surface area contributed by atoms with E-state index in [2.05, 4.69) is 5.16 Å². The average molecular weight is 346 g/mol. The molecule has 21 heavy (non-hydrogen) atoms. The molecule has 0 spiro atoms. The number of ether oxygens (including phenoxy) is 1. The van der Waals surface area contributed by atoms with Crippen molar-refractivity contribution < 1.29 is 9.94 Å². The Bertz CT molecular complexity index is 670. The SMILES string of the molecule is N/C(=N/O)c1ccc(OCc2c(Cl)cccc2Cl)cc1Cl. The summed E-state index contributed by atoms with van der Waals surface area (Å²) in [6, 6.07) is 10.1. The van der Waals surface area contributed by atoms with Crippen molar-refractivity contribution in [3.8, 4) is 5.75 Å². The Kier molecular flexibility index (Phi) is 5.17. The molecule has 0 saturated heterocycles. The third kappa shape index (κ3) is 3.73.